The Bertz CT molecular complexity index is 491. The number of hydrogen-bond acceptors (Lipinski definition) is 2. The molecule has 1 amide bonds. The number of aliphatic hydroxyl groups excluding tert-OH is 1. The van der Waals surface area contributed by atoms with Crippen molar-refractivity contribution in [2.24, 2.45) is 5.92 Å². The number of benzene rings is 1. The van der Waals surface area contributed by atoms with Gasteiger partial charge in [-0.1, -0.05) is 12.5 Å². The van der Waals surface area contributed by atoms with Crippen molar-refractivity contribution in [1.29, 1.82) is 0 Å². The number of nitrogens with one attached hydrogen (secondary N) is 1. The van der Waals surface area contributed by atoms with Crippen LogP contribution in [0.4, 0.5) is 8.78 Å². The summed E-state index contributed by atoms with van der Waals surface area (Å²) in [6.45, 7) is 1.46. The summed E-state index contributed by atoms with van der Waals surface area (Å²) in [5, 5.41) is 11.8. The van der Waals surface area contributed by atoms with E-state index in [4.69, 9.17) is 0 Å². The number of aliphatic hydroxyl groups is 1. The largest absolute Gasteiger partial charge is 0.396 e. The highest BCUT2D eigenvalue weighted by Crippen LogP contribution is 2.26. The summed E-state index contributed by atoms with van der Waals surface area (Å²) in [4.78, 5) is 12.0. The summed E-state index contributed by atoms with van der Waals surface area (Å²) < 4.78 is 27.4. The molecule has 0 aliphatic heterocycles. The van der Waals surface area contributed by atoms with Crippen molar-refractivity contribution in [1.82, 2.24) is 5.32 Å². The van der Waals surface area contributed by atoms with E-state index >= 15 is 0 Å². The van der Waals surface area contributed by atoms with Crippen LogP contribution in [0.25, 0.3) is 0 Å². The van der Waals surface area contributed by atoms with E-state index in [2.05, 4.69) is 5.32 Å². The highest BCUT2D eigenvalue weighted by molar-refractivity contribution is 5.95. The zero-order chi connectivity index (χ0) is 14.0. The maximum absolute atomic E-state index is 13.8. The lowest BCUT2D eigenvalue weighted by molar-refractivity contribution is 0.0907. The van der Waals surface area contributed by atoms with Gasteiger partial charge in [0.25, 0.3) is 5.91 Å². The van der Waals surface area contributed by atoms with Crippen molar-refractivity contribution in [3.05, 3.63) is 34.9 Å². The lowest BCUT2D eigenvalue weighted by atomic mass is 10.0. The summed E-state index contributed by atoms with van der Waals surface area (Å²) >= 11 is 0. The van der Waals surface area contributed by atoms with Crippen LogP contribution in [-0.4, -0.2) is 23.7 Å². The van der Waals surface area contributed by atoms with Gasteiger partial charge >= 0.3 is 0 Å². The van der Waals surface area contributed by atoms with Gasteiger partial charge in [-0.3, -0.25) is 4.79 Å². The van der Waals surface area contributed by atoms with Crippen molar-refractivity contribution >= 4 is 5.91 Å². The summed E-state index contributed by atoms with van der Waals surface area (Å²) in [6, 6.07) is 2.18. The van der Waals surface area contributed by atoms with Crippen LogP contribution in [0.5, 0.6) is 0 Å². The molecule has 1 aromatic carbocycles. The first-order valence-corrected chi connectivity index (χ1v) is 6.41. The molecule has 0 bridgehead atoms. The molecule has 1 aromatic rings. The van der Waals surface area contributed by atoms with E-state index in [1.54, 1.807) is 0 Å². The summed E-state index contributed by atoms with van der Waals surface area (Å²) in [6.07, 6.45) is 2.45. The van der Waals surface area contributed by atoms with Crippen LogP contribution in [0.2, 0.25) is 0 Å². The fraction of sp³-hybridized carbons (Fsp3) is 0.500. The van der Waals surface area contributed by atoms with Crippen LogP contribution in [-0.2, 0) is 0 Å². The van der Waals surface area contributed by atoms with Gasteiger partial charge in [0.15, 0.2) is 0 Å². The van der Waals surface area contributed by atoms with Gasteiger partial charge in [0, 0.05) is 18.6 Å². The number of halogens is 2. The van der Waals surface area contributed by atoms with E-state index < -0.39 is 23.1 Å². The van der Waals surface area contributed by atoms with Gasteiger partial charge in [0.1, 0.15) is 17.2 Å². The molecule has 104 valence electrons. The average Bonchev–Trinajstić information content (AvgIpc) is 2.81. The van der Waals surface area contributed by atoms with Gasteiger partial charge in [-0.05, 0) is 31.4 Å². The lowest BCUT2D eigenvalue weighted by Crippen LogP contribution is -2.39. The molecule has 2 atom stereocenters. The fourth-order valence-electron chi connectivity index (χ4n) is 2.55. The Morgan fingerprint density at radius 3 is 2.84 bits per heavy atom. The van der Waals surface area contributed by atoms with Gasteiger partial charge in [-0.25, -0.2) is 8.78 Å². The molecule has 0 radical (unpaired) electrons. The SMILES string of the molecule is Cc1ccc(F)c(C(=O)NC2CCCC2CO)c1F. The van der Waals surface area contributed by atoms with Gasteiger partial charge in [0.05, 0.1) is 0 Å². The van der Waals surface area contributed by atoms with Gasteiger partial charge in [0.2, 0.25) is 0 Å². The first kappa shape index (κ1) is 13.9. The maximum atomic E-state index is 13.8. The van der Waals surface area contributed by atoms with Gasteiger partial charge in [-0.2, -0.15) is 0 Å². The lowest BCUT2D eigenvalue weighted by Gasteiger charge is -2.19. The molecule has 5 heteroatoms. The van der Waals surface area contributed by atoms with Crippen molar-refractivity contribution in [3.63, 3.8) is 0 Å². The van der Waals surface area contributed by atoms with E-state index in [1.165, 1.54) is 13.0 Å². The van der Waals surface area contributed by atoms with Crippen LogP contribution >= 0.6 is 0 Å². The fourth-order valence-corrected chi connectivity index (χ4v) is 2.55. The molecule has 0 saturated heterocycles. The summed E-state index contributed by atoms with van der Waals surface area (Å²) in [5.74, 6) is -2.46. The number of carbonyl (C=O) groups is 1. The number of amides is 1. The van der Waals surface area contributed by atoms with E-state index in [-0.39, 0.29) is 24.1 Å². The molecule has 3 nitrogen and oxygen atoms in total. The van der Waals surface area contributed by atoms with Crippen LogP contribution < -0.4 is 5.32 Å². The molecule has 0 spiro atoms. The molecule has 2 N–H and O–H groups in total. The number of aryl methyl sites for hydroxylation is 1. The molecule has 1 aliphatic carbocycles. The minimum Gasteiger partial charge on any atom is -0.396 e. The highest BCUT2D eigenvalue weighted by atomic mass is 19.1. The summed E-state index contributed by atoms with van der Waals surface area (Å²) in [7, 11) is 0. The minimum atomic E-state index is -0.862. The molecule has 2 rings (SSSR count). The van der Waals surface area contributed by atoms with E-state index in [0.29, 0.717) is 0 Å². The van der Waals surface area contributed by atoms with E-state index in [1.807, 2.05) is 0 Å². The third-order valence-electron chi connectivity index (χ3n) is 3.72. The molecule has 1 aliphatic rings. The van der Waals surface area contributed by atoms with Crippen molar-refractivity contribution in [2.75, 3.05) is 6.61 Å². The quantitative estimate of drug-likeness (QED) is 0.883. The average molecular weight is 269 g/mol. The topological polar surface area (TPSA) is 49.3 Å². The molecule has 19 heavy (non-hydrogen) atoms. The van der Waals surface area contributed by atoms with E-state index in [0.717, 1.165) is 25.3 Å². The Morgan fingerprint density at radius 1 is 1.42 bits per heavy atom. The molecule has 1 fully saturated rings. The van der Waals surface area contributed by atoms with Crippen molar-refractivity contribution in [2.45, 2.75) is 32.2 Å². The zero-order valence-electron chi connectivity index (χ0n) is 10.7. The van der Waals surface area contributed by atoms with Crippen molar-refractivity contribution < 1.29 is 18.7 Å². The third kappa shape index (κ3) is 2.76. The second-order valence-corrected chi connectivity index (χ2v) is 5.01. The maximum Gasteiger partial charge on any atom is 0.257 e. The van der Waals surface area contributed by atoms with Crippen molar-refractivity contribution in [3.8, 4) is 0 Å². The van der Waals surface area contributed by atoms with E-state index in [9.17, 15) is 18.7 Å². The Labute approximate surface area is 110 Å². The highest BCUT2D eigenvalue weighted by Gasteiger charge is 2.29. The molecule has 2 unspecified atom stereocenters. The Balaban J connectivity index is 2.19. The predicted octanol–water partition coefficient (Wildman–Crippen LogP) is 2.16. The molecule has 0 heterocycles. The summed E-state index contributed by atoms with van der Waals surface area (Å²) in [5.41, 5.74) is -0.305. The second-order valence-electron chi connectivity index (χ2n) is 5.01. The third-order valence-corrected chi connectivity index (χ3v) is 3.72. The predicted molar refractivity (Wildman–Crippen MR) is 66.8 cm³/mol. The molecule has 0 aromatic heterocycles. The number of rotatable bonds is 3. The Kier molecular flexibility index (Phi) is 4.14. The van der Waals surface area contributed by atoms with Gasteiger partial charge in [-0.15, -0.1) is 0 Å². The van der Waals surface area contributed by atoms with Crippen LogP contribution in [0.1, 0.15) is 35.2 Å². The monoisotopic (exact) mass is 269 g/mol. The van der Waals surface area contributed by atoms with Crippen LogP contribution in [0.3, 0.4) is 0 Å². The Hall–Kier alpha value is -1.49. The first-order valence-electron chi connectivity index (χ1n) is 6.41. The molecular formula is C14H17F2NO2. The standard InChI is InChI=1S/C14H17F2NO2/c1-8-5-6-10(15)12(13(8)16)14(19)17-11-4-2-3-9(11)7-18/h5-6,9,11,18H,2-4,7H2,1H3,(H,17,19). The first-order chi connectivity index (χ1) is 9.04. The smallest absolute Gasteiger partial charge is 0.257 e. The number of hydrogen-bond donors (Lipinski definition) is 2. The van der Waals surface area contributed by atoms with Gasteiger partial charge < -0.3 is 10.4 Å². The Morgan fingerprint density at radius 2 is 2.16 bits per heavy atom. The van der Waals surface area contributed by atoms with Crippen LogP contribution in [0, 0.1) is 24.5 Å². The normalized spacial score (nSPS) is 22.5. The zero-order valence-corrected chi connectivity index (χ0v) is 10.7. The minimum absolute atomic E-state index is 0.0241. The second kappa shape index (κ2) is 5.65. The molecular weight excluding hydrogens is 252 g/mol. The van der Waals surface area contributed by atoms with Crippen LogP contribution in [0.15, 0.2) is 12.1 Å². The molecule has 1 saturated carbocycles. The number of carbonyl (C=O) groups excluding carboxylic acids is 1.